The summed E-state index contributed by atoms with van der Waals surface area (Å²) in [5.41, 5.74) is 1.44. The predicted octanol–water partition coefficient (Wildman–Crippen LogP) is 3.45. The van der Waals surface area contributed by atoms with Crippen LogP contribution in [0.1, 0.15) is 5.69 Å². The molecule has 1 aromatic carbocycles. The molecule has 2 N–H and O–H groups in total. The number of phenolic OH excluding ortho intramolecular Hbond substituents is 1. The molecular weight excluding hydrogens is 346 g/mol. The average Bonchev–Trinajstić information content (AvgIpc) is 2.44. The fraction of sp³-hybridized carbons (Fsp3) is 0.231. The molecule has 5 nitrogen and oxygen atoms in total. The van der Waals surface area contributed by atoms with Crippen molar-refractivity contribution in [2.75, 3.05) is 19.5 Å². The maximum Gasteiger partial charge on any atom is 0.161 e. The fourth-order valence-electron chi connectivity index (χ4n) is 1.67. The monoisotopic (exact) mass is 357 g/mol. The van der Waals surface area contributed by atoms with Crippen LogP contribution in [0.3, 0.4) is 0 Å². The van der Waals surface area contributed by atoms with Crippen molar-refractivity contribution in [1.82, 2.24) is 9.97 Å². The van der Waals surface area contributed by atoms with E-state index in [2.05, 4.69) is 31.2 Å². The first-order valence-corrected chi connectivity index (χ1v) is 6.96. The summed E-state index contributed by atoms with van der Waals surface area (Å²) in [5, 5.41) is 12.7. The Morgan fingerprint density at radius 2 is 2.15 bits per heavy atom. The van der Waals surface area contributed by atoms with E-state index < -0.39 is 0 Å². The van der Waals surface area contributed by atoms with Gasteiger partial charge in [-0.1, -0.05) is 11.6 Å². The summed E-state index contributed by atoms with van der Waals surface area (Å²) in [4.78, 5) is 8.86. The van der Waals surface area contributed by atoms with Gasteiger partial charge in [0.1, 0.15) is 11.6 Å². The SMILES string of the molecule is CNc1nc(-c2ccc(O)c(Cl)c2)nc(COC)c1Br. The fourth-order valence-corrected chi connectivity index (χ4v) is 2.34. The van der Waals surface area contributed by atoms with E-state index in [9.17, 15) is 5.11 Å². The number of aromatic hydroxyl groups is 1. The Morgan fingerprint density at radius 1 is 1.40 bits per heavy atom. The van der Waals surface area contributed by atoms with Crippen LogP contribution in [0.4, 0.5) is 5.82 Å². The highest BCUT2D eigenvalue weighted by molar-refractivity contribution is 9.10. The van der Waals surface area contributed by atoms with Crippen LogP contribution in [0.25, 0.3) is 11.4 Å². The minimum absolute atomic E-state index is 0.0264. The van der Waals surface area contributed by atoms with Crippen molar-refractivity contribution in [3.05, 3.63) is 33.4 Å². The summed E-state index contributed by atoms with van der Waals surface area (Å²) < 4.78 is 5.89. The Hall–Kier alpha value is -1.37. The van der Waals surface area contributed by atoms with Gasteiger partial charge in [0, 0.05) is 19.7 Å². The molecule has 0 atom stereocenters. The third-order valence-electron chi connectivity index (χ3n) is 2.64. The van der Waals surface area contributed by atoms with E-state index in [1.54, 1.807) is 26.3 Å². The van der Waals surface area contributed by atoms with Gasteiger partial charge in [0.25, 0.3) is 0 Å². The summed E-state index contributed by atoms with van der Waals surface area (Å²) in [6.07, 6.45) is 0. The lowest BCUT2D eigenvalue weighted by molar-refractivity contribution is 0.181. The van der Waals surface area contributed by atoms with Crippen LogP contribution in [0.2, 0.25) is 5.02 Å². The number of hydrogen-bond donors (Lipinski definition) is 2. The maximum absolute atomic E-state index is 9.46. The van der Waals surface area contributed by atoms with Crippen molar-refractivity contribution in [2.24, 2.45) is 0 Å². The number of benzene rings is 1. The molecule has 0 aliphatic heterocycles. The number of hydrogen-bond acceptors (Lipinski definition) is 5. The van der Waals surface area contributed by atoms with Gasteiger partial charge >= 0.3 is 0 Å². The van der Waals surface area contributed by atoms with E-state index in [-0.39, 0.29) is 10.8 Å². The van der Waals surface area contributed by atoms with Crippen molar-refractivity contribution in [2.45, 2.75) is 6.61 Å². The molecule has 0 saturated carbocycles. The highest BCUT2D eigenvalue weighted by atomic mass is 79.9. The molecule has 0 aliphatic carbocycles. The van der Waals surface area contributed by atoms with Gasteiger partial charge in [-0.15, -0.1) is 0 Å². The summed E-state index contributed by atoms with van der Waals surface area (Å²) in [5.74, 6) is 1.19. The van der Waals surface area contributed by atoms with Crippen LogP contribution in [0.5, 0.6) is 5.75 Å². The summed E-state index contributed by atoms with van der Waals surface area (Å²) in [6.45, 7) is 0.358. The Bertz CT molecular complexity index is 637. The van der Waals surface area contributed by atoms with E-state index in [4.69, 9.17) is 16.3 Å². The van der Waals surface area contributed by atoms with Gasteiger partial charge in [0.15, 0.2) is 5.82 Å². The Labute approximate surface area is 130 Å². The zero-order chi connectivity index (χ0) is 14.7. The number of nitrogens with one attached hydrogen (secondary N) is 1. The molecule has 0 fully saturated rings. The second kappa shape index (κ2) is 6.39. The van der Waals surface area contributed by atoms with Gasteiger partial charge in [0.2, 0.25) is 0 Å². The number of aromatic nitrogens is 2. The topological polar surface area (TPSA) is 67.3 Å². The maximum atomic E-state index is 9.46. The normalized spacial score (nSPS) is 10.6. The highest BCUT2D eigenvalue weighted by Gasteiger charge is 2.13. The second-order valence-electron chi connectivity index (χ2n) is 4.01. The first-order chi connectivity index (χ1) is 9.56. The van der Waals surface area contributed by atoms with Crippen LogP contribution in [-0.4, -0.2) is 29.2 Å². The molecule has 0 spiro atoms. The first kappa shape index (κ1) is 15.0. The summed E-state index contributed by atoms with van der Waals surface area (Å²) >= 11 is 9.36. The van der Waals surface area contributed by atoms with Crippen molar-refractivity contribution in [1.29, 1.82) is 0 Å². The number of nitrogens with zero attached hydrogens (tertiary/aromatic N) is 2. The molecule has 2 rings (SSSR count). The highest BCUT2D eigenvalue weighted by Crippen LogP contribution is 2.31. The van der Waals surface area contributed by atoms with Gasteiger partial charge in [-0.25, -0.2) is 9.97 Å². The molecule has 20 heavy (non-hydrogen) atoms. The Morgan fingerprint density at radius 3 is 2.75 bits per heavy atom. The molecule has 0 aliphatic rings. The minimum Gasteiger partial charge on any atom is -0.506 e. The predicted molar refractivity (Wildman–Crippen MR) is 82.1 cm³/mol. The Balaban J connectivity index is 2.55. The molecule has 0 amide bonds. The zero-order valence-electron chi connectivity index (χ0n) is 10.9. The van der Waals surface area contributed by atoms with Gasteiger partial charge < -0.3 is 15.2 Å². The lowest BCUT2D eigenvalue weighted by Crippen LogP contribution is -2.04. The van der Waals surface area contributed by atoms with E-state index in [1.807, 2.05) is 0 Å². The molecule has 0 saturated heterocycles. The van der Waals surface area contributed by atoms with Crippen LogP contribution < -0.4 is 5.32 Å². The molecule has 106 valence electrons. The molecule has 2 aromatic rings. The smallest absolute Gasteiger partial charge is 0.161 e. The molecule has 0 unspecified atom stereocenters. The standard InChI is InChI=1S/C13H13BrClN3O2/c1-16-13-11(14)9(6-20-2)17-12(18-13)7-3-4-10(19)8(15)5-7/h3-5,19H,6H2,1-2H3,(H,16,17,18). The number of phenols is 1. The zero-order valence-corrected chi connectivity index (χ0v) is 13.3. The first-order valence-electron chi connectivity index (χ1n) is 5.78. The molecule has 7 heteroatoms. The largest absolute Gasteiger partial charge is 0.506 e. The van der Waals surface area contributed by atoms with Gasteiger partial charge in [-0.3, -0.25) is 0 Å². The quantitative estimate of drug-likeness (QED) is 0.876. The molecule has 1 heterocycles. The van der Waals surface area contributed by atoms with Crippen LogP contribution in [0.15, 0.2) is 22.7 Å². The number of ether oxygens (including phenoxy) is 1. The van der Waals surface area contributed by atoms with Gasteiger partial charge in [-0.05, 0) is 34.1 Å². The van der Waals surface area contributed by atoms with E-state index in [0.717, 1.165) is 10.2 Å². The number of halogens is 2. The molecule has 1 aromatic heterocycles. The number of rotatable bonds is 4. The summed E-state index contributed by atoms with van der Waals surface area (Å²) in [6, 6.07) is 4.84. The van der Waals surface area contributed by atoms with E-state index in [0.29, 0.717) is 23.8 Å². The van der Waals surface area contributed by atoms with Crippen LogP contribution >= 0.6 is 27.5 Å². The Kier molecular flexibility index (Phi) is 4.80. The van der Waals surface area contributed by atoms with Crippen LogP contribution in [0, 0.1) is 0 Å². The van der Waals surface area contributed by atoms with Crippen molar-refractivity contribution >= 4 is 33.3 Å². The van der Waals surface area contributed by atoms with Crippen LogP contribution in [-0.2, 0) is 11.3 Å². The molecule has 0 bridgehead atoms. The molecular formula is C13H13BrClN3O2. The molecule has 0 radical (unpaired) electrons. The third kappa shape index (κ3) is 3.03. The summed E-state index contributed by atoms with van der Waals surface area (Å²) in [7, 11) is 3.38. The van der Waals surface area contributed by atoms with Gasteiger partial charge in [-0.2, -0.15) is 0 Å². The number of methoxy groups -OCH3 is 1. The van der Waals surface area contributed by atoms with Crippen molar-refractivity contribution in [3.63, 3.8) is 0 Å². The third-order valence-corrected chi connectivity index (χ3v) is 3.78. The lowest BCUT2D eigenvalue weighted by atomic mass is 10.2. The van der Waals surface area contributed by atoms with E-state index in [1.165, 1.54) is 6.07 Å². The van der Waals surface area contributed by atoms with E-state index >= 15 is 0 Å². The lowest BCUT2D eigenvalue weighted by Gasteiger charge is -2.11. The van der Waals surface area contributed by atoms with Crippen molar-refractivity contribution < 1.29 is 9.84 Å². The number of anilines is 1. The van der Waals surface area contributed by atoms with Crippen molar-refractivity contribution in [3.8, 4) is 17.1 Å². The minimum atomic E-state index is 0.0264. The second-order valence-corrected chi connectivity index (χ2v) is 5.21. The van der Waals surface area contributed by atoms with Gasteiger partial charge in [0.05, 0.1) is 21.8 Å². The average molecular weight is 359 g/mol.